The maximum Gasteiger partial charge on any atom is 0.260 e. The molecular weight excluding hydrogens is 334 g/mol. The van der Waals surface area contributed by atoms with E-state index in [0.29, 0.717) is 24.1 Å². The van der Waals surface area contributed by atoms with Crippen molar-refractivity contribution < 1.29 is 18.8 Å². The number of amides is 1. The predicted molar refractivity (Wildman–Crippen MR) is 93.8 cm³/mol. The van der Waals surface area contributed by atoms with E-state index in [-0.39, 0.29) is 18.4 Å². The fourth-order valence-electron chi connectivity index (χ4n) is 3.33. The molecule has 2 aliphatic rings. The highest BCUT2D eigenvalue weighted by molar-refractivity contribution is 5.77. The standard InChI is InChI=1S/C19H23N3O4/c23-17(22-9-2-1-3-10-22)13-25-16-6-4-14(5-7-16)19-20-18(21-26-19)15-8-11-24-12-15/h4-7,15H,1-3,8-13H2/t15-/m0/s1. The van der Waals surface area contributed by atoms with Crippen LogP contribution in [0, 0.1) is 0 Å². The molecule has 138 valence electrons. The molecule has 0 N–H and O–H groups in total. The summed E-state index contributed by atoms with van der Waals surface area (Å²) in [5.41, 5.74) is 0.831. The molecule has 0 bridgehead atoms. The SMILES string of the molecule is O=C(COc1ccc(-c2nc([C@H]3CCOC3)no2)cc1)N1CCCCC1. The van der Waals surface area contributed by atoms with E-state index in [4.69, 9.17) is 14.0 Å². The predicted octanol–water partition coefficient (Wildman–Crippen LogP) is 2.63. The van der Waals surface area contributed by atoms with Crippen molar-refractivity contribution in [1.82, 2.24) is 15.0 Å². The smallest absolute Gasteiger partial charge is 0.260 e. The zero-order valence-corrected chi connectivity index (χ0v) is 14.7. The summed E-state index contributed by atoms with van der Waals surface area (Å²) in [5.74, 6) is 2.11. The Balaban J connectivity index is 1.33. The lowest BCUT2D eigenvalue weighted by Crippen LogP contribution is -2.38. The third kappa shape index (κ3) is 3.88. The van der Waals surface area contributed by atoms with E-state index >= 15 is 0 Å². The number of rotatable bonds is 5. The van der Waals surface area contributed by atoms with Crippen molar-refractivity contribution in [3.63, 3.8) is 0 Å². The van der Waals surface area contributed by atoms with Gasteiger partial charge < -0.3 is 18.9 Å². The van der Waals surface area contributed by atoms with Gasteiger partial charge in [-0.2, -0.15) is 4.98 Å². The van der Waals surface area contributed by atoms with Gasteiger partial charge in [0.1, 0.15) is 5.75 Å². The minimum absolute atomic E-state index is 0.0501. The summed E-state index contributed by atoms with van der Waals surface area (Å²) in [4.78, 5) is 18.5. The molecule has 0 unspecified atom stereocenters. The van der Waals surface area contributed by atoms with Crippen LogP contribution in [0.4, 0.5) is 0 Å². The number of carbonyl (C=O) groups is 1. The molecule has 3 heterocycles. The minimum Gasteiger partial charge on any atom is -0.484 e. The molecule has 2 aliphatic heterocycles. The lowest BCUT2D eigenvalue weighted by atomic mass is 10.1. The Bertz CT molecular complexity index is 731. The normalized spacial score (nSPS) is 20.3. The molecule has 7 nitrogen and oxygen atoms in total. The Morgan fingerprint density at radius 1 is 1.19 bits per heavy atom. The fraction of sp³-hybridized carbons (Fsp3) is 0.526. The summed E-state index contributed by atoms with van der Waals surface area (Å²) in [5, 5.41) is 4.06. The van der Waals surface area contributed by atoms with Crippen LogP contribution in [0.25, 0.3) is 11.5 Å². The molecule has 2 aromatic rings. The number of carbonyl (C=O) groups excluding carboxylic acids is 1. The maximum absolute atomic E-state index is 12.1. The average molecular weight is 357 g/mol. The summed E-state index contributed by atoms with van der Waals surface area (Å²) >= 11 is 0. The number of piperidine rings is 1. The van der Waals surface area contributed by atoms with Gasteiger partial charge in [0, 0.05) is 31.2 Å². The number of hydrogen-bond donors (Lipinski definition) is 0. The van der Waals surface area contributed by atoms with Crippen LogP contribution in [0.2, 0.25) is 0 Å². The van der Waals surface area contributed by atoms with Crippen molar-refractivity contribution in [2.24, 2.45) is 0 Å². The van der Waals surface area contributed by atoms with E-state index in [9.17, 15) is 4.79 Å². The molecule has 26 heavy (non-hydrogen) atoms. The second-order valence-corrected chi connectivity index (χ2v) is 6.77. The van der Waals surface area contributed by atoms with Gasteiger partial charge in [-0.05, 0) is 49.9 Å². The van der Waals surface area contributed by atoms with Gasteiger partial charge >= 0.3 is 0 Å². The number of ether oxygens (including phenoxy) is 2. The highest BCUT2D eigenvalue weighted by atomic mass is 16.5. The van der Waals surface area contributed by atoms with Crippen LogP contribution in [0.5, 0.6) is 5.75 Å². The monoisotopic (exact) mass is 357 g/mol. The first-order valence-corrected chi connectivity index (χ1v) is 9.22. The maximum atomic E-state index is 12.1. The average Bonchev–Trinajstić information content (AvgIpc) is 3.39. The lowest BCUT2D eigenvalue weighted by molar-refractivity contribution is -0.134. The van der Waals surface area contributed by atoms with Crippen molar-refractivity contribution in [2.75, 3.05) is 32.9 Å². The quantitative estimate of drug-likeness (QED) is 0.819. The molecule has 1 aromatic heterocycles. The molecule has 1 amide bonds. The van der Waals surface area contributed by atoms with Crippen molar-refractivity contribution in [3.05, 3.63) is 30.1 Å². The zero-order valence-electron chi connectivity index (χ0n) is 14.7. The largest absolute Gasteiger partial charge is 0.484 e. The Morgan fingerprint density at radius 2 is 2.00 bits per heavy atom. The van der Waals surface area contributed by atoms with Crippen molar-refractivity contribution in [1.29, 1.82) is 0 Å². The van der Waals surface area contributed by atoms with Crippen LogP contribution in [0.1, 0.15) is 37.4 Å². The van der Waals surface area contributed by atoms with Crippen molar-refractivity contribution in [3.8, 4) is 17.2 Å². The molecule has 1 atom stereocenters. The highest BCUT2D eigenvalue weighted by Gasteiger charge is 2.23. The van der Waals surface area contributed by atoms with Gasteiger partial charge in [0.15, 0.2) is 12.4 Å². The van der Waals surface area contributed by atoms with Crippen LogP contribution in [0.15, 0.2) is 28.8 Å². The van der Waals surface area contributed by atoms with E-state index in [2.05, 4.69) is 10.1 Å². The van der Waals surface area contributed by atoms with Gasteiger partial charge in [-0.1, -0.05) is 5.16 Å². The van der Waals surface area contributed by atoms with Gasteiger partial charge in [-0.15, -0.1) is 0 Å². The second kappa shape index (κ2) is 7.86. The topological polar surface area (TPSA) is 77.7 Å². The molecule has 0 spiro atoms. The van der Waals surface area contributed by atoms with Gasteiger partial charge in [-0.3, -0.25) is 4.79 Å². The third-order valence-corrected chi connectivity index (χ3v) is 4.91. The molecule has 4 rings (SSSR count). The Morgan fingerprint density at radius 3 is 2.73 bits per heavy atom. The minimum atomic E-state index is 0.0501. The molecule has 2 fully saturated rings. The fourth-order valence-corrected chi connectivity index (χ4v) is 3.33. The molecule has 0 aliphatic carbocycles. The van der Waals surface area contributed by atoms with E-state index < -0.39 is 0 Å². The summed E-state index contributed by atoms with van der Waals surface area (Å²) < 4.78 is 16.3. The van der Waals surface area contributed by atoms with Crippen LogP contribution < -0.4 is 4.74 Å². The summed E-state index contributed by atoms with van der Waals surface area (Å²) in [6.07, 6.45) is 4.30. The molecule has 1 aromatic carbocycles. The zero-order chi connectivity index (χ0) is 17.8. The number of hydrogen-bond acceptors (Lipinski definition) is 6. The second-order valence-electron chi connectivity index (χ2n) is 6.77. The first kappa shape index (κ1) is 17.0. The number of likely N-dealkylation sites (tertiary alicyclic amines) is 1. The van der Waals surface area contributed by atoms with E-state index in [1.54, 1.807) is 0 Å². The third-order valence-electron chi connectivity index (χ3n) is 4.91. The Hall–Kier alpha value is -2.41. The van der Waals surface area contributed by atoms with Crippen molar-refractivity contribution >= 4 is 5.91 Å². The summed E-state index contributed by atoms with van der Waals surface area (Å²) in [6.45, 7) is 3.15. The molecular formula is C19H23N3O4. The number of aromatic nitrogens is 2. The van der Waals surface area contributed by atoms with Gasteiger partial charge in [-0.25, -0.2) is 0 Å². The van der Waals surface area contributed by atoms with Gasteiger partial charge in [0.05, 0.1) is 6.61 Å². The Kier molecular flexibility index (Phi) is 5.15. The Labute approximate surface area is 152 Å². The molecule has 7 heteroatoms. The van der Waals surface area contributed by atoms with Crippen molar-refractivity contribution in [2.45, 2.75) is 31.6 Å². The first-order valence-electron chi connectivity index (χ1n) is 9.22. The number of nitrogens with zero attached hydrogens (tertiary/aromatic N) is 3. The molecule has 0 saturated carbocycles. The van der Waals surface area contributed by atoms with Gasteiger partial charge in [0.25, 0.3) is 11.8 Å². The van der Waals surface area contributed by atoms with E-state index in [1.807, 2.05) is 29.2 Å². The van der Waals surface area contributed by atoms with Crippen LogP contribution in [-0.2, 0) is 9.53 Å². The first-order chi connectivity index (χ1) is 12.8. The lowest BCUT2D eigenvalue weighted by Gasteiger charge is -2.26. The molecule has 2 saturated heterocycles. The van der Waals surface area contributed by atoms with E-state index in [1.165, 1.54) is 6.42 Å². The summed E-state index contributed by atoms with van der Waals surface area (Å²) in [7, 11) is 0. The van der Waals surface area contributed by atoms with Gasteiger partial charge in [0.2, 0.25) is 0 Å². The summed E-state index contributed by atoms with van der Waals surface area (Å²) in [6, 6.07) is 7.37. The van der Waals surface area contributed by atoms with E-state index in [0.717, 1.165) is 44.5 Å². The molecule has 0 radical (unpaired) electrons. The highest BCUT2D eigenvalue weighted by Crippen LogP contribution is 2.26. The van der Waals surface area contributed by atoms with Crippen LogP contribution in [0.3, 0.4) is 0 Å². The number of benzene rings is 1. The van der Waals surface area contributed by atoms with Crippen LogP contribution >= 0.6 is 0 Å². The van der Waals surface area contributed by atoms with Crippen LogP contribution in [-0.4, -0.2) is 53.9 Å².